The summed E-state index contributed by atoms with van der Waals surface area (Å²) in [6.45, 7) is 0. The van der Waals surface area contributed by atoms with Crippen LogP contribution in [0.4, 0.5) is 4.39 Å². The van der Waals surface area contributed by atoms with Gasteiger partial charge in [-0.25, -0.2) is 4.39 Å². The fourth-order valence-corrected chi connectivity index (χ4v) is 4.56. The molecule has 2 amide bonds. The zero-order chi connectivity index (χ0) is 23.7. The average molecular weight is 470 g/mol. The highest BCUT2D eigenvalue weighted by atomic mass is 35.5. The van der Waals surface area contributed by atoms with Crippen LogP contribution < -0.4 is 10.5 Å². The summed E-state index contributed by atoms with van der Waals surface area (Å²) >= 11 is 6.12. The maximum atomic E-state index is 14.6. The first-order valence-corrected chi connectivity index (χ1v) is 10.6. The number of phenolic OH excluding ortho intramolecular Hbond substituents is 1. The molecule has 1 aliphatic rings. The lowest BCUT2D eigenvalue weighted by Crippen LogP contribution is -2.43. The summed E-state index contributed by atoms with van der Waals surface area (Å²) in [7, 11) is 1.36. The number of aromatic hydroxyl groups is 1. The van der Waals surface area contributed by atoms with Crippen LogP contribution in [0.25, 0.3) is 0 Å². The molecule has 1 aromatic heterocycles. The third-order valence-electron chi connectivity index (χ3n) is 5.79. The molecular formula is C24H21ClFN3O4. The Balaban J connectivity index is 1.91. The Hall–Kier alpha value is -3.65. The minimum Gasteiger partial charge on any atom is -0.504 e. The number of pyridine rings is 1. The summed E-state index contributed by atoms with van der Waals surface area (Å²) in [5.74, 6) is -2.22. The molecule has 2 atom stereocenters. The minimum atomic E-state index is -1.23. The van der Waals surface area contributed by atoms with E-state index in [2.05, 4.69) is 4.98 Å². The Morgan fingerprint density at radius 1 is 1.30 bits per heavy atom. The lowest BCUT2D eigenvalue weighted by molar-refractivity contribution is -0.123. The van der Waals surface area contributed by atoms with E-state index in [0.29, 0.717) is 29.5 Å². The number of phenols is 1. The molecule has 170 valence electrons. The summed E-state index contributed by atoms with van der Waals surface area (Å²) in [6.07, 6.45) is 3.65. The molecule has 0 bridgehead atoms. The van der Waals surface area contributed by atoms with Gasteiger partial charge in [-0.15, -0.1) is 0 Å². The number of rotatable bonds is 6. The zero-order valence-electron chi connectivity index (χ0n) is 17.7. The standard InChI is InChI=1S/C24H21ClFN3O4/c1-33-20-6-2-5-16(22(20)30)24(32)29(21(23(27)31)13-4-3-9-28-12-13)19-8-7-15-17(19)10-14(25)11-18(15)26/h2-6,9-12,19,21,30H,7-8H2,1H3,(H2,27,31)/t19-,21-/m1/s1. The van der Waals surface area contributed by atoms with Crippen LogP contribution in [0.1, 0.15) is 45.6 Å². The summed E-state index contributed by atoms with van der Waals surface area (Å²) in [5.41, 5.74) is 7.00. The van der Waals surface area contributed by atoms with Gasteiger partial charge in [-0.2, -0.15) is 0 Å². The highest BCUT2D eigenvalue weighted by molar-refractivity contribution is 6.30. The molecule has 0 spiro atoms. The van der Waals surface area contributed by atoms with E-state index in [1.165, 1.54) is 42.6 Å². The van der Waals surface area contributed by atoms with E-state index in [0.717, 1.165) is 0 Å². The van der Waals surface area contributed by atoms with Crippen LogP contribution in [0.3, 0.4) is 0 Å². The molecule has 7 nitrogen and oxygen atoms in total. The maximum absolute atomic E-state index is 14.6. The third-order valence-corrected chi connectivity index (χ3v) is 6.01. The molecule has 0 aliphatic heterocycles. The van der Waals surface area contributed by atoms with Gasteiger partial charge in [-0.05, 0) is 54.3 Å². The summed E-state index contributed by atoms with van der Waals surface area (Å²) in [4.78, 5) is 31.9. The van der Waals surface area contributed by atoms with Crippen molar-refractivity contribution in [2.75, 3.05) is 7.11 Å². The molecule has 0 radical (unpaired) electrons. The van der Waals surface area contributed by atoms with Crippen molar-refractivity contribution in [2.24, 2.45) is 5.73 Å². The summed E-state index contributed by atoms with van der Waals surface area (Å²) < 4.78 is 19.7. The number of nitrogens with zero attached hydrogens (tertiary/aromatic N) is 2. The lowest BCUT2D eigenvalue weighted by Gasteiger charge is -2.36. The number of halogens is 2. The highest BCUT2D eigenvalue weighted by Crippen LogP contribution is 2.44. The molecule has 0 saturated heterocycles. The molecule has 0 fully saturated rings. The largest absolute Gasteiger partial charge is 0.504 e. The quantitative estimate of drug-likeness (QED) is 0.568. The van der Waals surface area contributed by atoms with Crippen LogP contribution in [0, 0.1) is 5.82 Å². The number of fused-ring (bicyclic) bond motifs is 1. The number of amides is 2. The molecule has 3 aromatic rings. The van der Waals surface area contributed by atoms with Gasteiger partial charge in [0.1, 0.15) is 11.9 Å². The van der Waals surface area contributed by atoms with E-state index in [1.54, 1.807) is 24.3 Å². The van der Waals surface area contributed by atoms with E-state index < -0.39 is 29.7 Å². The molecule has 4 rings (SSSR count). The normalized spacial score (nSPS) is 15.5. The Bertz CT molecular complexity index is 1220. The number of nitrogens with two attached hydrogens (primary N) is 1. The van der Waals surface area contributed by atoms with Crippen molar-refractivity contribution in [3.8, 4) is 11.5 Å². The van der Waals surface area contributed by atoms with Gasteiger partial charge in [0.05, 0.1) is 18.7 Å². The van der Waals surface area contributed by atoms with E-state index in [1.807, 2.05) is 0 Å². The number of ether oxygens (including phenoxy) is 1. The van der Waals surface area contributed by atoms with Crippen molar-refractivity contribution in [2.45, 2.75) is 24.9 Å². The van der Waals surface area contributed by atoms with E-state index in [9.17, 15) is 19.1 Å². The van der Waals surface area contributed by atoms with Crippen molar-refractivity contribution in [1.82, 2.24) is 9.88 Å². The van der Waals surface area contributed by atoms with Crippen LogP contribution >= 0.6 is 11.6 Å². The molecule has 1 heterocycles. The minimum absolute atomic E-state index is 0.0829. The Morgan fingerprint density at radius 2 is 2.09 bits per heavy atom. The first-order chi connectivity index (χ1) is 15.8. The smallest absolute Gasteiger partial charge is 0.259 e. The van der Waals surface area contributed by atoms with Crippen LogP contribution in [0.2, 0.25) is 5.02 Å². The molecule has 9 heteroatoms. The van der Waals surface area contributed by atoms with Crippen molar-refractivity contribution >= 4 is 23.4 Å². The van der Waals surface area contributed by atoms with Crippen LogP contribution in [-0.2, 0) is 11.2 Å². The van der Waals surface area contributed by atoms with Crippen LogP contribution in [-0.4, -0.2) is 33.9 Å². The Kier molecular flexibility index (Phi) is 6.20. The number of methoxy groups -OCH3 is 1. The van der Waals surface area contributed by atoms with Crippen molar-refractivity contribution in [3.63, 3.8) is 0 Å². The first-order valence-electron chi connectivity index (χ1n) is 10.2. The summed E-state index contributed by atoms with van der Waals surface area (Å²) in [6, 6.07) is 8.58. The van der Waals surface area contributed by atoms with Gasteiger partial charge in [0.25, 0.3) is 5.91 Å². The van der Waals surface area contributed by atoms with Gasteiger partial charge in [0.15, 0.2) is 11.5 Å². The van der Waals surface area contributed by atoms with E-state index in [-0.39, 0.29) is 22.1 Å². The molecule has 0 unspecified atom stereocenters. The zero-order valence-corrected chi connectivity index (χ0v) is 18.4. The second-order valence-corrected chi connectivity index (χ2v) is 8.11. The topological polar surface area (TPSA) is 106 Å². The Labute approximate surface area is 194 Å². The van der Waals surface area contributed by atoms with Crippen molar-refractivity contribution in [1.29, 1.82) is 0 Å². The predicted molar refractivity (Wildman–Crippen MR) is 119 cm³/mol. The average Bonchev–Trinajstić information content (AvgIpc) is 3.21. The number of benzene rings is 2. The molecule has 3 N–H and O–H groups in total. The van der Waals surface area contributed by atoms with Gasteiger partial charge in [0, 0.05) is 23.0 Å². The lowest BCUT2D eigenvalue weighted by atomic mass is 9.98. The van der Waals surface area contributed by atoms with E-state index in [4.69, 9.17) is 22.1 Å². The third kappa shape index (κ3) is 4.09. The number of aromatic nitrogens is 1. The Morgan fingerprint density at radius 3 is 2.76 bits per heavy atom. The number of primary amides is 1. The molecule has 1 aliphatic carbocycles. The SMILES string of the molecule is COc1cccc(C(=O)N([C@@H]2CCc3c(F)cc(Cl)cc32)[C@@H](C(N)=O)c2cccnc2)c1O. The van der Waals surface area contributed by atoms with Gasteiger partial charge in [-0.1, -0.05) is 23.7 Å². The van der Waals surface area contributed by atoms with Gasteiger partial charge < -0.3 is 20.5 Å². The first kappa shape index (κ1) is 22.5. The monoisotopic (exact) mass is 469 g/mol. The molecular weight excluding hydrogens is 449 g/mol. The van der Waals surface area contributed by atoms with Crippen molar-refractivity contribution in [3.05, 3.63) is 88.0 Å². The fraction of sp³-hybridized carbons (Fsp3) is 0.208. The maximum Gasteiger partial charge on any atom is 0.259 e. The number of hydrogen-bond acceptors (Lipinski definition) is 5. The number of carbonyl (C=O) groups is 2. The van der Waals surface area contributed by atoms with Gasteiger partial charge >= 0.3 is 0 Å². The second kappa shape index (κ2) is 9.07. The summed E-state index contributed by atoms with van der Waals surface area (Å²) in [5, 5.41) is 10.8. The van der Waals surface area contributed by atoms with Gasteiger partial charge in [-0.3, -0.25) is 14.6 Å². The van der Waals surface area contributed by atoms with E-state index >= 15 is 0 Å². The molecule has 0 saturated carbocycles. The van der Waals surface area contributed by atoms with Crippen LogP contribution in [0.5, 0.6) is 11.5 Å². The number of hydrogen-bond donors (Lipinski definition) is 2. The van der Waals surface area contributed by atoms with Crippen LogP contribution in [0.15, 0.2) is 54.9 Å². The molecule has 33 heavy (non-hydrogen) atoms. The fourth-order valence-electron chi connectivity index (χ4n) is 4.35. The number of para-hydroxylation sites is 1. The number of carbonyl (C=O) groups excluding carboxylic acids is 2. The van der Waals surface area contributed by atoms with Crippen molar-refractivity contribution < 1.29 is 23.8 Å². The van der Waals surface area contributed by atoms with Gasteiger partial charge in [0.2, 0.25) is 5.91 Å². The predicted octanol–water partition coefficient (Wildman–Crippen LogP) is 3.94. The molecule has 2 aromatic carbocycles. The highest BCUT2D eigenvalue weighted by Gasteiger charge is 2.41. The second-order valence-electron chi connectivity index (χ2n) is 7.67.